The summed E-state index contributed by atoms with van der Waals surface area (Å²) in [5.41, 5.74) is 2.32. The number of H-pyrrole nitrogens is 1. The van der Waals surface area contributed by atoms with Crippen LogP contribution in [-0.2, 0) is 4.74 Å². The summed E-state index contributed by atoms with van der Waals surface area (Å²) in [5, 5.41) is 9.94. The largest absolute Gasteiger partial charge is 0.388 e. The first kappa shape index (κ1) is 15.7. The zero-order valence-electron chi connectivity index (χ0n) is 12.9. The van der Waals surface area contributed by atoms with Gasteiger partial charge >= 0.3 is 0 Å². The molecule has 1 aliphatic rings. The molecule has 2 heterocycles. The number of amides is 1. The van der Waals surface area contributed by atoms with Crippen LogP contribution in [-0.4, -0.2) is 58.6 Å². The van der Waals surface area contributed by atoms with Crippen molar-refractivity contribution >= 4 is 11.7 Å². The molecule has 0 radical (unpaired) electrons. The molecule has 2 rings (SSSR count). The van der Waals surface area contributed by atoms with E-state index in [2.05, 4.69) is 4.98 Å². The number of aliphatic hydroxyl groups excluding tert-OH is 1. The van der Waals surface area contributed by atoms with Crippen LogP contribution >= 0.6 is 0 Å². The maximum Gasteiger partial charge on any atom is 0.256 e. The highest BCUT2D eigenvalue weighted by molar-refractivity contribution is 6.02. The van der Waals surface area contributed by atoms with E-state index >= 15 is 0 Å². The number of ether oxygens (including phenoxy) is 1. The van der Waals surface area contributed by atoms with Gasteiger partial charge in [-0.15, -0.1) is 0 Å². The maximum absolute atomic E-state index is 12.8. The molecule has 116 valence electrons. The van der Waals surface area contributed by atoms with Gasteiger partial charge in [0.2, 0.25) is 0 Å². The number of carbonyl (C=O) groups excluding carboxylic acids is 2. The van der Waals surface area contributed by atoms with Crippen molar-refractivity contribution in [1.82, 2.24) is 9.88 Å². The maximum atomic E-state index is 12.8. The number of Topliss-reactive ketones (excluding diaryl/α,β-unsaturated/α-hetero) is 1. The van der Waals surface area contributed by atoms with Gasteiger partial charge in [0, 0.05) is 19.2 Å². The number of likely N-dealkylation sites (N-methyl/N-ethyl adjacent to an activating group) is 1. The lowest BCUT2D eigenvalue weighted by atomic mass is 10.1. The molecule has 0 unspecified atom stereocenters. The summed E-state index contributed by atoms with van der Waals surface area (Å²) >= 11 is 0. The lowest BCUT2D eigenvalue weighted by Crippen LogP contribution is -2.46. The summed E-state index contributed by atoms with van der Waals surface area (Å²) in [6.45, 7) is 7.94. The predicted octanol–water partition coefficient (Wildman–Crippen LogP) is 1.06. The topological polar surface area (TPSA) is 82.6 Å². The third kappa shape index (κ3) is 2.73. The Morgan fingerprint density at radius 2 is 2.05 bits per heavy atom. The van der Waals surface area contributed by atoms with Crippen molar-refractivity contribution in [3.63, 3.8) is 0 Å². The lowest BCUT2D eigenvalue weighted by molar-refractivity contribution is 0.0519. The first-order valence-corrected chi connectivity index (χ1v) is 7.15. The molecule has 1 aromatic rings. The fourth-order valence-corrected chi connectivity index (χ4v) is 2.92. The molecule has 0 bridgehead atoms. The lowest BCUT2D eigenvalue weighted by Gasteiger charge is -2.29. The predicted molar refractivity (Wildman–Crippen MR) is 77.6 cm³/mol. The van der Waals surface area contributed by atoms with Gasteiger partial charge in [-0.1, -0.05) is 0 Å². The Hall–Kier alpha value is -1.66. The van der Waals surface area contributed by atoms with Crippen LogP contribution in [0.1, 0.15) is 46.0 Å². The van der Waals surface area contributed by atoms with Gasteiger partial charge in [0.05, 0.1) is 36.6 Å². The molecule has 0 spiro atoms. The Kier molecular flexibility index (Phi) is 4.49. The number of aliphatic hydroxyl groups is 1. The number of aryl methyl sites for hydroxylation is 1. The quantitative estimate of drug-likeness (QED) is 0.813. The summed E-state index contributed by atoms with van der Waals surface area (Å²) in [6, 6.07) is -0.336. The summed E-state index contributed by atoms with van der Waals surface area (Å²) in [4.78, 5) is 29.0. The van der Waals surface area contributed by atoms with E-state index < -0.39 is 6.10 Å². The normalized spacial score (nSPS) is 21.6. The number of aromatic nitrogens is 1. The van der Waals surface area contributed by atoms with Crippen LogP contribution in [0.25, 0.3) is 0 Å². The second-order valence-electron chi connectivity index (χ2n) is 5.44. The smallest absolute Gasteiger partial charge is 0.256 e. The van der Waals surface area contributed by atoms with E-state index in [4.69, 9.17) is 4.74 Å². The monoisotopic (exact) mass is 294 g/mol. The molecule has 0 aliphatic carbocycles. The Morgan fingerprint density at radius 3 is 2.48 bits per heavy atom. The van der Waals surface area contributed by atoms with Gasteiger partial charge < -0.3 is 19.7 Å². The first-order chi connectivity index (χ1) is 9.88. The van der Waals surface area contributed by atoms with Gasteiger partial charge in [-0.2, -0.15) is 0 Å². The van der Waals surface area contributed by atoms with Gasteiger partial charge in [-0.25, -0.2) is 0 Å². The van der Waals surface area contributed by atoms with Crippen molar-refractivity contribution in [2.45, 2.75) is 39.8 Å². The molecule has 1 fully saturated rings. The van der Waals surface area contributed by atoms with Gasteiger partial charge in [-0.05, 0) is 26.3 Å². The number of ketones is 1. The molecular weight excluding hydrogens is 272 g/mol. The molecular formula is C15H22N2O4. The van der Waals surface area contributed by atoms with Crippen molar-refractivity contribution in [3.8, 4) is 0 Å². The standard InChI is InChI=1S/C15H22N2O4/c1-5-17(11-6-21-7-12(11)19)15(20)13-8(2)14(10(4)18)16-9(13)3/h11-12,16,19H,5-7H2,1-4H3/t11-,12-/m1/s1. The summed E-state index contributed by atoms with van der Waals surface area (Å²) in [5.74, 6) is -0.271. The van der Waals surface area contributed by atoms with Crippen LogP contribution in [0.5, 0.6) is 0 Å². The molecule has 1 saturated heterocycles. The molecule has 0 saturated carbocycles. The molecule has 1 aromatic heterocycles. The van der Waals surface area contributed by atoms with Crippen LogP contribution in [0.15, 0.2) is 0 Å². The zero-order chi connectivity index (χ0) is 15.7. The Labute approximate surface area is 124 Å². The highest BCUT2D eigenvalue weighted by Gasteiger charge is 2.35. The highest BCUT2D eigenvalue weighted by Crippen LogP contribution is 2.23. The molecule has 6 heteroatoms. The number of nitrogens with one attached hydrogen (secondary N) is 1. The van der Waals surface area contributed by atoms with Gasteiger partial charge in [0.1, 0.15) is 0 Å². The fraction of sp³-hybridized carbons (Fsp3) is 0.600. The number of rotatable bonds is 4. The minimum absolute atomic E-state index is 0.0954. The molecule has 0 aromatic carbocycles. The van der Waals surface area contributed by atoms with E-state index in [1.165, 1.54) is 6.92 Å². The first-order valence-electron chi connectivity index (χ1n) is 7.15. The van der Waals surface area contributed by atoms with Gasteiger partial charge in [0.25, 0.3) is 5.91 Å². The van der Waals surface area contributed by atoms with Crippen LogP contribution in [0, 0.1) is 13.8 Å². The molecule has 6 nitrogen and oxygen atoms in total. The Bertz CT molecular complexity index is 564. The fourth-order valence-electron chi connectivity index (χ4n) is 2.92. The van der Waals surface area contributed by atoms with Crippen molar-refractivity contribution in [2.24, 2.45) is 0 Å². The average Bonchev–Trinajstić information content (AvgIpc) is 2.95. The van der Waals surface area contributed by atoms with Gasteiger partial charge in [0.15, 0.2) is 5.78 Å². The van der Waals surface area contributed by atoms with Crippen LogP contribution in [0.3, 0.4) is 0 Å². The number of carbonyl (C=O) groups is 2. The number of aromatic amines is 1. The van der Waals surface area contributed by atoms with Crippen LogP contribution < -0.4 is 0 Å². The third-order valence-corrected chi connectivity index (χ3v) is 4.03. The highest BCUT2D eigenvalue weighted by atomic mass is 16.5. The summed E-state index contributed by atoms with van der Waals surface area (Å²) in [7, 11) is 0. The number of nitrogens with zero attached hydrogens (tertiary/aromatic N) is 1. The third-order valence-electron chi connectivity index (χ3n) is 4.03. The SMILES string of the molecule is CCN(C(=O)c1c(C)[nH]c(C(C)=O)c1C)[C@@H]1COC[C@H]1O. The van der Waals surface area contributed by atoms with Crippen LogP contribution in [0.2, 0.25) is 0 Å². The van der Waals surface area contributed by atoms with Crippen molar-refractivity contribution in [3.05, 3.63) is 22.5 Å². The second-order valence-corrected chi connectivity index (χ2v) is 5.44. The Morgan fingerprint density at radius 1 is 1.38 bits per heavy atom. The van der Waals surface area contributed by atoms with E-state index in [1.807, 2.05) is 6.92 Å². The van der Waals surface area contributed by atoms with Crippen LogP contribution in [0.4, 0.5) is 0 Å². The number of hydrogen-bond acceptors (Lipinski definition) is 4. The summed E-state index contributed by atoms with van der Waals surface area (Å²) in [6.07, 6.45) is -0.666. The molecule has 2 atom stereocenters. The van der Waals surface area contributed by atoms with E-state index in [9.17, 15) is 14.7 Å². The molecule has 21 heavy (non-hydrogen) atoms. The minimum atomic E-state index is -0.666. The summed E-state index contributed by atoms with van der Waals surface area (Å²) < 4.78 is 5.24. The van der Waals surface area contributed by atoms with E-state index in [-0.39, 0.29) is 24.3 Å². The molecule has 2 N–H and O–H groups in total. The zero-order valence-corrected chi connectivity index (χ0v) is 12.9. The van der Waals surface area contributed by atoms with Crippen molar-refractivity contribution in [1.29, 1.82) is 0 Å². The van der Waals surface area contributed by atoms with E-state index in [0.29, 0.717) is 35.7 Å². The Balaban J connectivity index is 2.36. The van der Waals surface area contributed by atoms with E-state index in [1.54, 1.807) is 18.7 Å². The van der Waals surface area contributed by atoms with Crippen molar-refractivity contribution < 1.29 is 19.4 Å². The second kappa shape index (κ2) is 5.99. The van der Waals surface area contributed by atoms with Crippen molar-refractivity contribution in [2.75, 3.05) is 19.8 Å². The average molecular weight is 294 g/mol. The minimum Gasteiger partial charge on any atom is -0.388 e. The number of hydrogen-bond donors (Lipinski definition) is 2. The molecule has 1 amide bonds. The van der Waals surface area contributed by atoms with E-state index in [0.717, 1.165) is 0 Å². The molecule has 1 aliphatic heterocycles. The van der Waals surface area contributed by atoms with Gasteiger partial charge in [-0.3, -0.25) is 9.59 Å².